The van der Waals surface area contributed by atoms with Gasteiger partial charge >= 0.3 is 0 Å². The average molecular weight is 217 g/mol. The van der Waals surface area contributed by atoms with Crippen LogP contribution in [-0.4, -0.2) is 12.6 Å². The van der Waals surface area contributed by atoms with E-state index in [0.29, 0.717) is 6.04 Å². The van der Waals surface area contributed by atoms with E-state index in [4.69, 9.17) is 4.74 Å². The summed E-state index contributed by atoms with van der Waals surface area (Å²) in [6.07, 6.45) is 5.04. The molecule has 86 valence electrons. The summed E-state index contributed by atoms with van der Waals surface area (Å²) in [5, 5.41) is 3.74. The fraction of sp³-hybridized carbons (Fsp3) is 0.571. The molecule has 0 amide bonds. The number of fused-ring (bicyclic) bond motifs is 1. The van der Waals surface area contributed by atoms with Crippen LogP contribution in [0.4, 0.5) is 0 Å². The lowest BCUT2D eigenvalue weighted by molar-refractivity contribution is 0.313. The number of nitrogens with one attached hydrogen (secondary N) is 1. The van der Waals surface area contributed by atoms with Gasteiger partial charge in [-0.2, -0.15) is 0 Å². The number of para-hydroxylation sites is 1. The largest absolute Gasteiger partial charge is 0.493 e. The van der Waals surface area contributed by atoms with Gasteiger partial charge in [0.1, 0.15) is 5.75 Å². The van der Waals surface area contributed by atoms with Crippen LogP contribution in [-0.2, 0) is 0 Å². The van der Waals surface area contributed by atoms with Crippen molar-refractivity contribution in [3.63, 3.8) is 0 Å². The number of hydrogen-bond donors (Lipinski definition) is 1. The minimum Gasteiger partial charge on any atom is -0.493 e. The van der Waals surface area contributed by atoms with Gasteiger partial charge in [0.2, 0.25) is 0 Å². The second kappa shape index (κ2) is 4.10. The van der Waals surface area contributed by atoms with E-state index in [2.05, 4.69) is 30.4 Å². The van der Waals surface area contributed by atoms with Crippen LogP contribution in [0.25, 0.3) is 0 Å². The quantitative estimate of drug-likeness (QED) is 0.822. The minimum atomic E-state index is 0.505. The maximum absolute atomic E-state index is 5.87. The molecule has 2 aliphatic rings. The van der Waals surface area contributed by atoms with Gasteiger partial charge in [0.15, 0.2) is 0 Å². The predicted molar refractivity (Wildman–Crippen MR) is 64.8 cm³/mol. The van der Waals surface area contributed by atoms with Crippen LogP contribution in [0.3, 0.4) is 0 Å². The van der Waals surface area contributed by atoms with Gasteiger partial charge in [-0.05, 0) is 38.2 Å². The van der Waals surface area contributed by atoms with Crippen LogP contribution in [0.5, 0.6) is 5.75 Å². The Bertz CT molecular complexity index is 384. The predicted octanol–water partition coefficient (Wildman–Crippen LogP) is 2.96. The van der Waals surface area contributed by atoms with Crippen LogP contribution in [0.1, 0.15) is 42.9 Å². The van der Waals surface area contributed by atoms with Gasteiger partial charge in [0.25, 0.3) is 0 Å². The van der Waals surface area contributed by atoms with Crippen LogP contribution >= 0.6 is 0 Å². The minimum absolute atomic E-state index is 0.505. The summed E-state index contributed by atoms with van der Waals surface area (Å²) in [6, 6.07) is 7.76. The van der Waals surface area contributed by atoms with E-state index < -0.39 is 0 Å². The Morgan fingerprint density at radius 3 is 2.94 bits per heavy atom. The average Bonchev–Trinajstić information content (AvgIpc) is 3.08. The maximum Gasteiger partial charge on any atom is 0.126 e. The molecular weight excluding hydrogens is 198 g/mol. The molecular formula is C14H19NO. The summed E-state index contributed by atoms with van der Waals surface area (Å²) in [6.45, 7) is 3.00. The van der Waals surface area contributed by atoms with Gasteiger partial charge in [-0.3, -0.25) is 0 Å². The van der Waals surface area contributed by atoms with Crippen LogP contribution in [0.15, 0.2) is 18.2 Å². The lowest BCUT2D eigenvalue weighted by Gasteiger charge is -2.19. The van der Waals surface area contributed by atoms with Crippen molar-refractivity contribution < 1.29 is 4.74 Å². The Hall–Kier alpha value is -1.02. The van der Waals surface area contributed by atoms with Gasteiger partial charge in [0, 0.05) is 17.6 Å². The number of benzene rings is 1. The van der Waals surface area contributed by atoms with Gasteiger partial charge in [-0.15, -0.1) is 0 Å². The molecule has 1 aliphatic heterocycles. The van der Waals surface area contributed by atoms with Crippen LogP contribution in [0.2, 0.25) is 0 Å². The number of hydrogen-bond acceptors (Lipinski definition) is 2. The first kappa shape index (κ1) is 10.2. The standard InChI is InChI=1S/C14H19NO/c1-10-4-2-5-12-13(15-11-7-8-11)6-3-9-16-14(10)12/h2,4-5,11,13,15H,3,6-9H2,1H3. The van der Waals surface area contributed by atoms with E-state index in [1.807, 2.05) is 0 Å². The highest BCUT2D eigenvalue weighted by Gasteiger charge is 2.28. The Kier molecular flexibility index (Phi) is 2.60. The van der Waals surface area contributed by atoms with Crippen molar-refractivity contribution in [1.82, 2.24) is 5.32 Å². The van der Waals surface area contributed by atoms with Crippen molar-refractivity contribution in [1.29, 1.82) is 0 Å². The molecule has 1 aromatic rings. The number of ether oxygens (including phenoxy) is 1. The first-order valence-electron chi connectivity index (χ1n) is 6.33. The van der Waals surface area contributed by atoms with E-state index in [0.717, 1.165) is 24.8 Å². The summed E-state index contributed by atoms with van der Waals surface area (Å²) in [5.41, 5.74) is 2.63. The van der Waals surface area contributed by atoms with Gasteiger partial charge < -0.3 is 10.1 Å². The van der Waals surface area contributed by atoms with E-state index in [1.54, 1.807) is 0 Å². The lowest BCUT2D eigenvalue weighted by atomic mass is 10.00. The summed E-state index contributed by atoms with van der Waals surface area (Å²) >= 11 is 0. The normalized spacial score (nSPS) is 24.4. The zero-order chi connectivity index (χ0) is 11.0. The van der Waals surface area contributed by atoms with Crippen molar-refractivity contribution in [2.24, 2.45) is 0 Å². The third kappa shape index (κ3) is 1.94. The Labute approximate surface area is 97.0 Å². The third-order valence-electron chi connectivity index (χ3n) is 3.52. The van der Waals surface area contributed by atoms with Crippen molar-refractivity contribution in [3.8, 4) is 5.75 Å². The fourth-order valence-electron chi connectivity index (χ4n) is 2.47. The van der Waals surface area contributed by atoms with Crippen LogP contribution < -0.4 is 10.1 Å². The van der Waals surface area contributed by atoms with E-state index in [9.17, 15) is 0 Å². The first-order valence-corrected chi connectivity index (χ1v) is 6.33. The molecule has 1 heterocycles. The Balaban J connectivity index is 1.92. The SMILES string of the molecule is Cc1cccc2c1OCCCC2NC1CC1. The van der Waals surface area contributed by atoms with Crippen molar-refractivity contribution in [3.05, 3.63) is 29.3 Å². The third-order valence-corrected chi connectivity index (χ3v) is 3.52. The molecule has 1 fully saturated rings. The highest BCUT2D eigenvalue weighted by atomic mass is 16.5. The molecule has 1 aromatic carbocycles. The van der Waals surface area contributed by atoms with Crippen molar-refractivity contribution >= 4 is 0 Å². The fourth-order valence-corrected chi connectivity index (χ4v) is 2.47. The molecule has 1 unspecified atom stereocenters. The Morgan fingerprint density at radius 2 is 2.12 bits per heavy atom. The summed E-state index contributed by atoms with van der Waals surface area (Å²) in [4.78, 5) is 0. The molecule has 2 heteroatoms. The number of rotatable bonds is 2. The molecule has 2 nitrogen and oxygen atoms in total. The lowest BCUT2D eigenvalue weighted by Crippen LogP contribution is -2.23. The van der Waals surface area contributed by atoms with E-state index >= 15 is 0 Å². The molecule has 0 saturated heterocycles. The van der Waals surface area contributed by atoms with Crippen LogP contribution in [0, 0.1) is 6.92 Å². The summed E-state index contributed by atoms with van der Waals surface area (Å²) in [7, 11) is 0. The van der Waals surface area contributed by atoms with Gasteiger partial charge in [0.05, 0.1) is 6.61 Å². The molecule has 3 rings (SSSR count). The second-order valence-electron chi connectivity index (χ2n) is 4.98. The summed E-state index contributed by atoms with van der Waals surface area (Å²) < 4.78 is 5.87. The zero-order valence-electron chi connectivity index (χ0n) is 9.83. The summed E-state index contributed by atoms with van der Waals surface area (Å²) in [5.74, 6) is 1.12. The second-order valence-corrected chi connectivity index (χ2v) is 4.98. The van der Waals surface area contributed by atoms with Crippen molar-refractivity contribution in [2.45, 2.75) is 44.7 Å². The molecule has 0 bridgehead atoms. The van der Waals surface area contributed by atoms with E-state index in [1.165, 1.54) is 30.4 Å². The zero-order valence-corrected chi connectivity index (χ0v) is 9.83. The molecule has 0 aromatic heterocycles. The highest BCUT2D eigenvalue weighted by molar-refractivity contribution is 5.43. The molecule has 1 aliphatic carbocycles. The molecule has 16 heavy (non-hydrogen) atoms. The molecule has 1 saturated carbocycles. The topological polar surface area (TPSA) is 21.3 Å². The van der Waals surface area contributed by atoms with E-state index in [-0.39, 0.29) is 0 Å². The molecule has 1 atom stereocenters. The highest BCUT2D eigenvalue weighted by Crippen LogP contribution is 2.36. The molecule has 0 radical (unpaired) electrons. The number of aryl methyl sites for hydroxylation is 1. The Morgan fingerprint density at radius 1 is 1.25 bits per heavy atom. The monoisotopic (exact) mass is 217 g/mol. The smallest absolute Gasteiger partial charge is 0.126 e. The maximum atomic E-state index is 5.87. The molecule has 0 spiro atoms. The first-order chi connectivity index (χ1) is 7.84. The van der Waals surface area contributed by atoms with Crippen molar-refractivity contribution in [2.75, 3.05) is 6.61 Å². The van der Waals surface area contributed by atoms with Gasteiger partial charge in [-0.1, -0.05) is 18.2 Å². The van der Waals surface area contributed by atoms with Gasteiger partial charge in [-0.25, -0.2) is 0 Å². The molecule has 1 N–H and O–H groups in total.